The lowest BCUT2D eigenvalue weighted by Gasteiger charge is -2.33. The van der Waals surface area contributed by atoms with Gasteiger partial charge in [-0.25, -0.2) is 0 Å². The van der Waals surface area contributed by atoms with Crippen molar-refractivity contribution in [1.29, 1.82) is 0 Å². The Balaban J connectivity index is 0.00000264. The molecule has 2 heterocycles. The topological polar surface area (TPSA) is 92.8 Å². The molecule has 0 spiro atoms. The van der Waals surface area contributed by atoms with Crippen LogP contribution in [0.5, 0.6) is 0 Å². The molecule has 2 rings (SSSR count). The van der Waals surface area contributed by atoms with Crippen molar-refractivity contribution in [3.05, 3.63) is 11.7 Å². The van der Waals surface area contributed by atoms with Gasteiger partial charge in [0.1, 0.15) is 0 Å². The zero-order valence-corrected chi connectivity index (χ0v) is 16.1. The summed E-state index contributed by atoms with van der Waals surface area (Å²) >= 11 is 0. The van der Waals surface area contributed by atoms with Crippen LogP contribution in [0.4, 0.5) is 0 Å². The summed E-state index contributed by atoms with van der Waals surface area (Å²) in [6, 6.07) is 0. The number of aliphatic imine (C=N–C) groups is 1. The lowest BCUT2D eigenvalue weighted by molar-refractivity contribution is -0.149. The molecule has 1 aliphatic heterocycles. The molecule has 1 aliphatic rings. The van der Waals surface area contributed by atoms with Crippen molar-refractivity contribution in [1.82, 2.24) is 20.4 Å². The first-order valence-electron chi connectivity index (χ1n) is 7.55. The van der Waals surface area contributed by atoms with Gasteiger partial charge in [-0.05, 0) is 26.7 Å². The molecule has 9 heteroatoms. The minimum absolute atomic E-state index is 0. The zero-order valence-electron chi connectivity index (χ0n) is 13.7. The van der Waals surface area contributed by atoms with Crippen LogP contribution in [0.2, 0.25) is 0 Å². The summed E-state index contributed by atoms with van der Waals surface area (Å²) in [5.41, 5.74) is 0. The molecule has 1 saturated heterocycles. The summed E-state index contributed by atoms with van der Waals surface area (Å²) in [5.74, 6) is 1.82. The van der Waals surface area contributed by atoms with Crippen molar-refractivity contribution in [3.63, 3.8) is 0 Å². The maximum Gasteiger partial charge on any atom is 0.309 e. The first-order valence-corrected chi connectivity index (χ1v) is 7.55. The summed E-state index contributed by atoms with van der Waals surface area (Å²) < 4.78 is 10.1. The van der Waals surface area contributed by atoms with Gasteiger partial charge >= 0.3 is 5.97 Å². The quantitative estimate of drug-likeness (QED) is 0.329. The number of guanidine groups is 1. The number of likely N-dealkylation sites (tertiary alicyclic amines) is 1. The van der Waals surface area contributed by atoms with Crippen LogP contribution in [-0.2, 0) is 16.1 Å². The van der Waals surface area contributed by atoms with Gasteiger partial charge in [0.2, 0.25) is 5.89 Å². The van der Waals surface area contributed by atoms with Crippen molar-refractivity contribution in [3.8, 4) is 0 Å². The molecule has 1 aromatic heterocycles. The van der Waals surface area contributed by atoms with Gasteiger partial charge in [0.05, 0.1) is 19.1 Å². The van der Waals surface area contributed by atoms with Crippen LogP contribution in [-0.4, -0.2) is 53.7 Å². The molecule has 0 aromatic carbocycles. The second-order valence-corrected chi connectivity index (χ2v) is 5.15. The standard InChI is InChI=1S/C14H23N5O3.HI/c1-4-21-13(20)11-5-7-19(8-6-11)14(15-3)16-9-12-17-10(2)18-22-12;/h11H,4-9H2,1-3H3,(H,15,16);1H. The van der Waals surface area contributed by atoms with E-state index in [1.807, 2.05) is 6.92 Å². The van der Waals surface area contributed by atoms with Crippen LogP contribution in [0.3, 0.4) is 0 Å². The van der Waals surface area contributed by atoms with E-state index in [1.54, 1.807) is 14.0 Å². The third-order valence-corrected chi connectivity index (χ3v) is 3.59. The first kappa shape index (κ1) is 19.7. The molecule has 0 unspecified atom stereocenters. The number of carbonyl (C=O) groups is 1. The number of hydrogen-bond acceptors (Lipinski definition) is 6. The molecule has 0 bridgehead atoms. The fraction of sp³-hybridized carbons (Fsp3) is 0.714. The monoisotopic (exact) mass is 437 g/mol. The Kier molecular flexibility index (Phi) is 8.28. The summed E-state index contributed by atoms with van der Waals surface area (Å²) in [6.45, 7) is 6.02. The Labute approximate surface area is 153 Å². The molecule has 0 radical (unpaired) electrons. The van der Waals surface area contributed by atoms with Gasteiger partial charge in [0, 0.05) is 20.1 Å². The Bertz CT molecular complexity index is 526. The first-order chi connectivity index (χ1) is 10.6. The number of nitrogens with zero attached hydrogens (tertiary/aromatic N) is 4. The van der Waals surface area contributed by atoms with E-state index in [0.29, 0.717) is 24.9 Å². The van der Waals surface area contributed by atoms with Crippen molar-refractivity contribution in [2.75, 3.05) is 26.7 Å². The maximum absolute atomic E-state index is 11.7. The van der Waals surface area contributed by atoms with E-state index < -0.39 is 0 Å². The SMILES string of the molecule is CCOC(=O)C1CCN(C(=NC)NCc2nc(C)no2)CC1.I. The number of hydrogen-bond donors (Lipinski definition) is 1. The third kappa shape index (κ3) is 5.63. The fourth-order valence-electron chi connectivity index (χ4n) is 2.49. The van der Waals surface area contributed by atoms with Crippen LogP contribution >= 0.6 is 24.0 Å². The van der Waals surface area contributed by atoms with E-state index in [-0.39, 0.29) is 35.9 Å². The average Bonchev–Trinajstić information content (AvgIpc) is 2.94. The predicted octanol–water partition coefficient (Wildman–Crippen LogP) is 1.35. The van der Waals surface area contributed by atoms with Gasteiger partial charge in [0.15, 0.2) is 11.8 Å². The molecule has 1 aromatic rings. The third-order valence-electron chi connectivity index (χ3n) is 3.59. The van der Waals surface area contributed by atoms with E-state index >= 15 is 0 Å². The van der Waals surface area contributed by atoms with Crippen molar-refractivity contribution < 1.29 is 14.1 Å². The number of carbonyl (C=O) groups excluding carboxylic acids is 1. The van der Waals surface area contributed by atoms with Crippen LogP contribution < -0.4 is 5.32 Å². The number of aryl methyl sites for hydroxylation is 1. The Hall–Kier alpha value is -1.39. The molecule has 1 fully saturated rings. The lowest BCUT2D eigenvalue weighted by atomic mass is 9.97. The average molecular weight is 437 g/mol. The number of halogens is 1. The fourth-order valence-corrected chi connectivity index (χ4v) is 2.49. The number of piperidine rings is 1. The Morgan fingerprint density at radius 1 is 1.48 bits per heavy atom. The molecule has 0 amide bonds. The molecular formula is C14H24IN5O3. The molecule has 0 saturated carbocycles. The van der Waals surface area contributed by atoms with E-state index in [0.717, 1.165) is 31.9 Å². The highest BCUT2D eigenvalue weighted by atomic mass is 127. The molecular weight excluding hydrogens is 413 g/mol. The molecule has 23 heavy (non-hydrogen) atoms. The van der Waals surface area contributed by atoms with Gasteiger partial charge in [-0.15, -0.1) is 24.0 Å². The smallest absolute Gasteiger partial charge is 0.309 e. The predicted molar refractivity (Wildman–Crippen MR) is 95.6 cm³/mol. The van der Waals surface area contributed by atoms with Gasteiger partial charge in [0.25, 0.3) is 0 Å². The molecule has 1 N–H and O–H groups in total. The number of aromatic nitrogens is 2. The van der Waals surface area contributed by atoms with E-state index in [9.17, 15) is 4.79 Å². The normalized spacial score (nSPS) is 16.0. The highest BCUT2D eigenvalue weighted by Crippen LogP contribution is 2.18. The summed E-state index contributed by atoms with van der Waals surface area (Å²) in [4.78, 5) is 22.3. The lowest BCUT2D eigenvalue weighted by Crippen LogP contribution is -2.46. The van der Waals surface area contributed by atoms with E-state index in [4.69, 9.17) is 9.26 Å². The molecule has 130 valence electrons. The zero-order chi connectivity index (χ0) is 15.9. The second-order valence-electron chi connectivity index (χ2n) is 5.15. The van der Waals surface area contributed by atoms with Gasteiger partial charge in [-0.1, -0.05) is 5.16 Å². The maximum atomic E-state index is 11.7. The summed E-state index contributed by atoms with van der Waals surface area (Å²) in [5, 5.41) is 6.95. The van der Waals surface area contributed by atoms with Crippen molar-refractivity contribution in [2.24, 2.45) is 10.9 Å². The van der Waals surface area contributed by atoms with Gasteiger partial charge in [-0.3, -0.25) is 9.79 Å². The van der Waals surface area contributed by atoms with Gasteiger partial charge in [-0.2, -0.15) is 4.98 Å². The van der Waals surface area contributed by atoms with Gasteiger partial charge < -0.3 is 19.5 Å². The van der Waals surface area contributed by atoms with Crippen LogP contribution in [0, 0.1) is 12.8 Å². The van der Waals surface area contributed by atoms with E-state index in [1.165, 1.54) is 0 Å². The summed E-state index contributed by atoms with van der Waals surface area (Å²) in [6.07, 6.45) is 1.55. The number of rotatable bonds is 4. The minimum atomic E-state index is -0.0913. The number of nitrogens with one attached hydrogen (secondary N) is 1. The number of ether oxygens (including phenoxy) is 1. The largest absolute Gasteiger partial charge is 0.466 e. The Morgan fingerprint density at radius 2 is 2.17 bits per heavy atom. The van der Waals surface area contributed by atoms with Crippen LogP contribution in [0.15, 0.2) is 9.52 Å². The van der Waals surface area contributed by atoms with E-state index in [2.05, 4.69) is 25.3 Å². The highest BCUT2D eigenvalue weighted by molar-refractivity contribution is 14.0. The van der Waals surface area contributed by atoms with Crippen LogP contribution in [0.25, 0.3) is 0 Å². The molecule has 0 atom stereocenters. The minimum Gasteiger partial charge on any atom is -0.466 e. The van der Waals surface area contributed by atoms with Crippen molar-refractivity contribution >= 4 is 35.9 Å². The van der Waals surface area contributed by atoms with Crippen molar-refractivity contribution in [2.45, 2.75) is 33.2 Å². The number of esters is 1. The molecule has 8 nitrogen and oxygen atoms in total. The second kappa shape index (κ2) is 9.68. The summed E-state index contributed by atoms with van der Waals surface area (Å²) in [7, 11) is 1.73. The van der Waals surface area contributed by atoms with Crippen LogP contribution in [0.1, 0.15) is 31.5 Å². The molecule has 0 aliphatic carbocycles. The highest BCUT2D eigenvalue weighted by Gasteiger charge is 2.27. The Morgan fingerprint density at radius 3 is 2.70 bits per heavy atom.